The molecule has 2 N–H and O–H groups in total. The van der Waals surface area contributed by atoms with Gasteiger partial charge in [-0.25, -0.2) is 9.97 Å². The van der Waals surface area contributed by atoms with Gasteiger partial charge in [-0.2, -0.15) is 0 Å². The second-order valence-corrected chi connectivity index (χ2v) is 7.06. The van der Waals surface area contributed by atoms with Gasteiger partial charge in [0.05, 0.1) is 15.2 Å². The van der Waals surface area contributed by atoms with E-state index in [0.717, 1.165) is 15.2 Å². The quantitative estimate of drug-likeness (QED) is 0.644. The Labute approximate surface area is 160 Å². The fraction of sp³-hybridized carbons (Fsp3) is 0.333. The van der Waals surface area contributed by atoms with Crippen LogP contribution >= 0.6 is 11.3 Å². The summed E-state index contributed by atoms with van der Waals surface area (Å²) in [6, 6.07) is 5.04. The van der Waals surface area contributed by atoms with Gasteiger partial charge in [0, 0.05) is 13.1 Å². The number of nitrogens with one attached hydrogen (secondary N) is 2. The standard InChI is InChI=1S/C18H20N4O4S/c1-4-12(17(23)19-3)22-18(24)14-8-26-16(21-14)9-25-11-5-6-15-13(7-11)20-10(2)27-15/h5-8,12H,4,9H2,1-3H3,(H,19,23)(H,22,24). The van der Waals surface area contributed by atoms with E-state index >= 15 is 0 Å². The van der Waals surface area contributed by atoms with Gasteiger partial charge in [-0.15, -0.1) is 11.3 Å². The SMILES string of the molecule is CCC(NC(=O)c1coc(COc2ccc3sc(C)nc3c2)n1)C(=O)NC. The topological polar surface area (TPSA) is 106 Å². The number of fused-ring (bicyclic) bond motifs is 1. The molecule has 1 unspecified atom stereocenters. The first-order valence-corrected chi connectivity index (χ1v) is 9.28. The third-order valence-electron chi connectivity index (χ3n) is 3.89. The number of rotatable bonds is 7. The van der Waals surface area contributed by atoms with Gasteiger partial charge in [0.25, 0.3) is 5.91 Å². The number of likely N-dealkylation sites (N-methyl/N-ethyl adjacent to an activating group) is 1. The number of hydrogen-bond acceptors (Lipinski definition) is 7. The van der Waals surface area contributed by atoms with Gasteiger partial charge in [0.1, 0.15) is 18.1 Å². The molecule has 0 saturated carbocycles. The summed E-state index contributed by atoms with van der Waals surface area (Å²) in [5.41, 5.74) is 0.976. The third-order valence-corrected chi connectivity index (χ3v) is 4.84. The third kappa shape index (κ3) is 4.43. The second-order valence-electron chi connectivity index (χ2n) is 5.83. The van der Waals surface area contributed by atoms with E-state index < -0.39 is 11.9 Å². The molecular weight excluding hydrogens is 368 g/mol. The number of carbonyl (C=O) groups excluding carboxylic acids is 2. The molecule has 0 aliphatic carbocycles. The van der Waals surface area contributed by atoms with E-state index in [0.29, 0.717) is 12.2 Å². The summed E-state index contributed by atoms with van der Waals surface area (Å²) in [7, 11) is 1.52. The number of benzene rings is 1. The van der Waals surface area contributed by atoms with Gasteiger partial charge in [-0.1, -0.05) is 6.92 Å². The Morgan fingerprint density at radius 1 is 1.33 bits per heavy atom. The van der Waals surface area contributed by atoms with Crippen LogP contribution < -0.4 is 15.4 Å². The van der Waals surface area contributed by atoms with Crippen LogP contribution in [0.5, 0.6) is 5.75 Å². The maximum Gasteiger partial charge on any atom is 0.273 e. The zero-order valence-electron chi connectivity index (χ0n) is 15.2. The van der Waals surface area contributed by atoms with Crippen molar-refractivity contribution in [3.63, 3.8) is 0 Å². The van der Waals surface area contributed by atoms with Gasteiger partial charge in [0.2, 0.25) is 11.8 Å². The number of aryl methyl sites for hydroxylation is 1. The maximum absolute atomic E-state index is 12.2. The van der Waals surface area contributed by atoms with E-state index in [1.807, 2.05) is 32.0 Å². The number of oxazole rings is 1. The molecule has 0 aliphatic rings. The van der Waals surface area contributed by atoms with Crippen molar-refractivity contribution in [1.82, 2.24) is 20.6 Å². The summed E-state index contributed by atoms with van der Waals surface area (Å²) in [5.74, 6) is 0.177. The normalized spacial score (nSPS) is 12.0. The lowest BCUT2D eigenvalue weighted by molar-refractivity contribution is -0.122. The van der Waals surface area contributed by atoms with Crippen molar-refractivity contribution in [1.29, 1.82) is 0 Å². The molecule has 0 radical (unpaired) electrons. The Morgan fingerprint density at radius 2 is 2.15 bits per heavy atom. The molecular formula is C18H20N4O4S. The molecule has 0 spiro atoms. The molecule has 0 bridgehead atoms. The van der Waals surface area contributed by atoms with Crippen molar-refractivity contribution in [2.24, 2.45) is 0 Å². The lowest BCUT2D eigenvalue weighted by atomic mass is 10.2. The lowest BCUT2D eigenvalue weighted by Gasteiger charge is -2.13. The van der Waals surface area contributed by atoms with E-state index in [1.54, 1.807) is 11.3 Å². The van der Waals surface area contributed by atoms with Gasteiger partial charge < -0.3 is 19.8 Å². The summed E-state index contributed by atoms with van der Waals surface area (Å²) >= 11 is 1.62. The Hall–Kier alpha value is -2.94. The highest BCUT2D eigenvalue weighted by atomic mass is 32.1. The second kappa shape index (κ2) is 8.17. The predicted molar refractivity (Wildman–Crippen MR) is 101 cm³/mol. The van der Waals surface area contributed by atoms with Gasteiger partial charge in [0.15, 0.2) is 12.3 Å². The molecule has 3 rings (SSSR count). The molecule has 2 heterocycles. The molecule has 2 aromatic heterocycles. The lowest BCUT2D eigenvalue weighted by Crippen LogP contribution is -2.45. The summed E-state index contributed by atoms with van der Waals surface area (Å²) in [5, 5.41) is 6.12. The molecule has 2 amide bonds. The van der Waals surface area contributed by atoms with Crippen LogP contribution in [0.25, 0.3) is 10.2 Å². The van der Waals surface area contributed by atoms with Gasteiger partial charge >= 0.3 is 0 Å². The molecule has 0 fully saturated rings. The van der Waals surface area contributed by atoms with Crippen LogP contribution in [0, 0.1) is 6.92 Å². The molecule has 9 heteroatoms. The number of amides is 2. The fourth-order valence-electron chi connectivity index (χ4n) is 2.50. The van der Waals surface area contributed by atoms with E-state index in [1.165, 1.54) is 13.3 Å². The van der Waals surface area contributed by atoms with Gasteiger partial charge in [-0.3, -0.25) is 9.59 Å². The fourth-order valence-corrected chi connectivity index (χ4v) is 3.31. The first-order chi connectivity index (χ1) is 13.0. The number of thiazole rings is 1. The molecule has 0 saturated heterocycles. The van der Waals surface area contributed by atoms with Crippen LogP contribution in [0.3, 0.4) is 0 Å². The highest BCUT2D eigenvalue weighted by molar-refractivity contribution is 7.18. The van der Waals surface area contributed by atoms with E-state index in [4.69, 9.17) is 9.15 Å². The average molecular weight is 388 g/mol. The summed E-state index contributed by atoms with van der Waals surface area (Å²) in [6.07, 6.45) is 1.72. The van der Waals surface area contributed by atoms with Crippen LogP contribution in [-0.2, 0) is 11.4 Å². The predicted octanol–water partition coefficient (Wildman–Crippen LogP) is 2.43. The van der Waals surface area contributed by atoms with Gasteiger partial charge in [-0.05, 0) is 25.5 Å². The zero-order chi connectivity index (χ0) is 19.4. The monoisotopic (exact) mass is 388 g/mol. The smallest absolute Gasteiger partial charge is 0.273 e. The Kier molecular flexibility index (Phi) is 5.70. The first-order valence-electron chi connectivity index (χ1n) is 8.47. The Morgan fingerprint density at radius 3 is 2.89 bits per heavy atom. The van der Waals surface area contributed by atoms with E-state index in [-0.39, 0.29) is 24.1 Å². The highest BCUT2D eigenvalue weighted by Crippen LogP contribution is 2.25. The molecule has 1 atom stereocenters. The van der Waals surface area contributed by atoms with Crippen molar-refractivity contribution >= 4 is 33.4 Å². The Bertz CT molecular complexity index is 965. The summed E-state index contributed by atoms with van der Waals surface area (Å²) < 4.78 is 12.1. The first kappa shape index (κ1) is 18.8. The van der Waals surface area contributed by atoms with Crippen LogP contribution in [0.2, 0.25) is 0 Å². The molecule has 142 valence electrons. The average Bonchev–Trinajstić information content (AvgIpc) is 3.28. The largest absolute Gasteiger partial charge is 0.484 e. The maximum atomic E-state index is 12.2. The number of ether oxygens (including phenoxy) is 1. The van der Waals surface area contributed by atoms with Crippen molar-refractivity contribution in [3.05, 3.63) is 41.1 Å². The van der Waals surface area contributed by atoms with Crippen LogP contribution in [0.1, 0.15) is 34.7 Å². The Balaban J connectivity index is 1.61. The molecule has 3 aromatic rings. The van der Waals surface area contributed by atoms with Crippen molar-refractivity contribution in [3.8, 4) is 5.75 Å². The number of aromatic nitrogens is 2. The highest BCUT2D eigenvalue weighted by Gasteiger charge is 2.20. The van der Waals surface area contributed by atoms with E-state index in [2.05, 4.69) is 20.6 Å². The summed E-state index contributed by atoms with van der Waals surface area (Å²) in [6.45, 7) is 3.84. The minimum atomic E-state index is -0.618. The van der Waals surface area contributed by atoms with E-state index in [9.17, 15) is 9.59 Å². The van der Waals surface area contributed by atoms with Crippen LogP contribution in [0.15, 0.2) is 28.9 Å². The van der Waals surface area contributed by atoms with Crippen molar-refractivity contribution in [2.75, 3.05) is 7.05 Å². The number of hydrogen-bond donors (Lipinski definition) is 2. The number of carbonyl (C=O) groups is 2. The molecule has 27 heavy (non-hydrogen) atoms. The minimum Gasteiger partial charge on any atom is -0.484 e. The number of nitrogens with zero attached hydrogens (tertiary/aromatic N) is 2. The molecule has 1 aromatic carbocycles. The van der Waals surface area contributed by atoms with Crippen LogP contribution in [-0.4, -0.2) is 34.9 Å². The molecule has 8 nitrogen and oxygen atoms in total. The van der Waals surface area contributed by atoms with Crippen molar-refractivity contribution < 1.29 is 18.7 Å². The van der Waals surface area contributed by atoms with Crippen LogP contribution in [0.4, 0.5) is 0 Å². The minimum absolute atomic E-state index is 0.0779. The van der Waals surface area contributed by atoms with Crippen molar-refractivity contribution in [2.45, 2.75) is 32.9 Å². The summed E-state index contributed by atoms with van der Waals surface area (Å²) in [4.78, 5) is 32.4. The molecule has 0 aliphatic heterocycles. The zero-order valence-corrected chi connectivity index (χ0v) is 16.1.